The van der Waals surface area contributed by atoms with Crippen molar-refractivity contribution in [3.8, 4) is 0 Å². The summed E-state index contributed by atoms with van der Waals surface area (Å²) in [5, 5.41) is 3.17. The van der Waals surface area contributed by atoms with Crippen molar-refractivity contribution < 1.29 is 14.3 Å². The predicted molar refractivity (Wildman–Crippen MR) is 106 cm³/mol. The van der Waals surface area contributed by atoms with Crippen LogP contribution in [0, 0.1) is 5.92 Å². The molecule has 2 unspecified atom stereocenters. The highest BCUT2D eigenvalue weighted by Crippen LogP contribution is 2.23. The molecule has 0 saturated heterocycles. The summed E-state index contributed by atoms with van der Waals surface area (Å²) in [6.07, 6.45) is 7.22. The molecule has 1 aromatic carbocycles. The van der Waals surface area contributed by atoms with E-state index in [9.17, 15) is 9.59 Å². The predicted octanol–water partition coefficient (Wildman–Crippen LogP) is 3.92. The smallest absolute Gasteiger partial charge is 0.349 e. The van der Waals surface area contributed by atoms with Crippen LogP contribution in [0.5, 0.6) is 0 Å². The van der Waals surface area contributed by atoms with Gasteiger partial charge in [0.2, 0.25) is 0 Å². The van der Waals surface area contributed by atoms with Gasteiger partial charge in [-0.1, -0.05) is 35.9 Å². The van der Waals surface area contributed by atoms with Crippen molar-refractivity contribution in [1.29, 1.82) is 0 Å². The minimum Gasteiger partial charge on any atom is -0.383 e. The summed E-state index contributed by atoms with van der Waals surface area (Å²) >= 11 is 5.94. The Bertz CT molecular complexity index is 875. The molecule has 2 atom stereocenters. The molecule has 1 heterocycles. The van der Waals surface area contributed by atoms with Gasteiger partial charge in [0.25, 0.3) is 0 Å². The van der Waals surface area contributed by atoms with Crippen LogP contribution in [-0.4, -0.2) is 48.3 Å². The van der Waals surface area contributed by atoms with Gasteiger partial charge < -0.3 is 10.1 Å². The molecule has 1 aromatic rings. The van der Waals surface area contributed by atoms with E-state index >= 15 is 0 Å². The standard InChI is InChI=1S/C19H19ClN4O3/c1-12(11-27-2)24-17(15-8-3-4-9-16(15)22-19(24)26)23-18(25)21-14-7-5-6-13(20)10-14/h3-10,12,15H,11H2,1-2H3,(H,21,25)/b23-17+. The first-order valence-corrected chi connectivity index (χ1v) is 8.78. The Hall–Kier alpha value is -2.77. The summed E-state index contributed by atoms with van der Waals surface area (Å²) < 4.78 is 5.16. The Balaban J connectivity index is 1.94. The van der Waals surface area contributed by atoms with Crippen LogP contribution < -0.4 is 5.32 Å². The molecular formula is C19H19ClN4O3. The van der Waals surface area contributed by atoms with E-state index in [1.54, 1.807) is 43.5 Å². The molecule has 140 valence electrons. The van der Waals surface area contributed by atoms with Crippen molar-refractivity contribution >= 4 is 40.9 Å². The number of methoxy groups -OCH3 is 1. The van der Waals surface area contributed by atoms with Crippen LogP contribution in [-0.2, 0) is 4.74 Å². The quantitative estimate of drug-likeness (QED) is 0.851. The number of anilines is 1. The molecule has 0 aromatic heterocycles. The van der Waals surface area contributed by atoms with Crippen LogP contribution >= 0.6 is 11.6 Å². The van der Waals surface area contributed by atoms with E-state index in [0.29, 0.717) is 22.3 Å². The molecule has 4 amide bonds. The number of nitrogens with one attached hydrogen (secondary N) is 1. The van der Waals surface area contributed by atoms with Gasteiger partial charge in [0.1, 0.15) is 5.84 Å². The number of aliphatic imine (C=N–C) groups is 2. The van der Waals surface area contributed by atoms with Gasteiger partial charge >= 0.3 is 12.1 Å². The number of halogens is 1. The molecule has 2 aliphatic rings. The van der Waals surface area contributed by atoms with E-state index in [1.165, 1.54) is 4.90 Å². The van der Waals surface area contributed by atoms with Crippen molar-refractivity contribution in [1.82, 2.24) is 4.90 Å². The zero-order valence-corrected chi connectivity index (χ0v) is 15.7. The highest BCUT2D eigenvalue weighted by molar-refractivity contribution is 6.31. The second kappa shape index (κ2) is 8.28. The lowest BCUT2D eigenvalue weighted by atomic mass is 9.94. The lowest BCUT2D eigenvalue weighted by Gasteiger charge is -2.35. The summed E-state index contributed by atoms with van der Waals surface area (Å²) in [6, 6.07) is 5.36. The monoisotopic (exact) mass is 386 g/mol. The molecule has 0 saturated carbocycles. The van der Waals surface area contributed by atoms with Gasteiger partial charge in [0.05, 0.1) is 24.3 Å². The Kier molecular flexibility index (Phi) is 5.83. The van der Waals surface area contributed by atoms with Crippen molar-refractivity contribution in [2.75, 3.05) is 19.0 Å². The number of carbonyl (C=O) groups excluding carboxylic acids is 2. The minimum atomic E-state index is -0.598. The normalized spacial score (nSPS) is 21.1. The van der Waals surface area contributed by atoms with Crippen molar-refractivity contribution in [3.05, 3.63) is 53.6 Å². The zero-order valence-electron chi connectivity index (χ0n) is 14.9. The van der Waals surface area contributed by atoms with E-state index < -0.39 is 12.1 Å². The maximum absolute atomic E-state index is 12.6. The molecule has 0 bridgehead atoms. The largest absolute Gasteiger partial charge is 0.383 e. The van der Waals surface area contributed by atoms with E-state index in [2.05, 4.69) is 15.3 Å². The van der Waals surface area contributed by atoms with E-state index in [1.807, 2.05) is 19.1 Å². The van der Waals surface area contributed by atoms with E-state index in [0.717, 1.165) is 0 Å². The van der Waals surface area contributed by atoms with Crippen LogP contribution in [0.1, 0.15) is 6.92 Å². The number of hydrogen-bond acceptors (Lipinski definition) is 3. The average molecular weight is 387 g/mol. The molecule has 0 radical (unpaired) electrons. The van der Waals surface area contributed by atoms with Crippen LogP contribution in [0.25, 0.3) is 0 Å². The van der Waals surface area contributed by atoms with E-state index in [4.69, 9.17) is 16.3 Å². The summed E-state index contributed by atoms with van der Waals surface area (Å²) in [6.45, 7) is 2.10. The number of rotatable bonds is 4. The second-order valence-electron chi connectivity index (χ2n) is 6.13. The average Bonchev–Trinajstić information content (AvgIpc) is 2.61. The third-order valence-electron chi connectivity index (χ3n) is 4.10. The SMILES string of the molecule is COCC(C)N1C(=O)N=C2C=CC=CC2/C1=N\C(=O)Nc1cccc(Cl)c1. The summed E-state index contributed by atoms with van der Waals surface area (Å²) in [4.78, 5) is 34.8. The Morgan fingerprint density at radius 1 is 1.44 bits per heavy atom. The Morgan fingerprint density at radius 3 is 3.00 bits per heavy atom. The minimum absolute atomic E-state index is 0.289. The van der Waals surface area contributed by atoms with Gasteiger partial charge in [-0.05, 0) is 31.2 Å². The number of ether oxygens (including phenoxy) is 1. The van der Waals surface area contributed by atoms with Gasteiger partial charge in [-0.15, -0.1) is 0 Å². The maximum Gasteiger partial charge on any atom is 0.349 e. The van der Waals surface area contributed by atoms with Crippen LogP contribution in [0.2, 0.25) is 5.02 Å². The summed E-state index contributed by atoms with van der Waals surface area (Å²) in [7, 11) is 1.55. The lowest BCUT2D eigenvalue weighted by molar-refractivity contribution is 0.140. The molecule has 0 spiro atoms. The molecule has 1 N–H and O–H groups in total. The number of hydrogen-bond donors (Lipinski definition) is 1. The Labute approximate surface area is 162 Å². The van der Waals surface area contributed by atoms with Crippen molar-refractivity contribution in [2.24, 2.45) is 15.9 Å². The fourth-order valence-corrected chi connectivity index (χ4v) is 3.13. The molecule has 1 aliphatic carbocycles. The summed E-state index contributed by atoms with van der Waals surface area (Å²) in [5.74, 6) is -0.0632. The fourth-order valence-electron chi connectivity index (χ4n) is 2.94. The third-order valence-corrected chi connectivity index (χ3v) is 4.33. The van der Waals surface area contributed by atoms with E-state index in [-0.39, 0.29) is 18.6 Å². The van der Waals surface area contributed by atoms with Gasteiger partial charge in [-0.25, -0.2) is 9.59 Å². The highest BCUT2D eigenvalue weighted by Gasteiger charge is 2.37. The molecule has 7 nitrogen and oxygen atoms in total. The highest BCUT2D eigenvalue weighted by atomic mass is 35.5. The van der Waals surface area contributed by atoms with Crippen molar-refractivity contribution in [3.63, 3.8) is 0 Å². The molecule has 27 heavy (non-hydrogen) atoms. The van der Waals surface area contributed by atoms with Crippen LogP contribution in [0.4, 0.5) is 15.3 Å². The topological polar surface area (TPSA) is 83.4 Å². The van der Waals surface area contributed by atoms with Crippen molar-refractivity contribution in [2.45, 2.75) is 13.0 Å². The number of amidine groups is 1. The van der Waals surface area contributed by atoms with Crippen LogP contribution in [0.3, 0.4) is 0 Å². The number of nitrogens with zero attached hydrogens (tertiary/aromatic N) is 3. The molecule has 3 rings (SSSR count). The zero-order chi connectivity index (χ0) is 19.4. The second-order valence-corrected chi connectivity index (χ2v) is 6.56. The number of carbonyl (C=O) groups is 2. The first kappa shape index (κ1) is 19.0. The third kappa shape index (κ3) is 4.32. The number of urea groups is 2. The first-order valence-electron chi connectivity index (χ1n) is 8.40. The fraction of sp³-hybridized carbons (Fsp3) is 0.263. The molecule has 1 aliphatic heterocycles. The molecule has 8 heteroatoms. The lowest BCUT2D eigenvalue weighted by Crippen LogP contribution is -2.52. The number of benzene rings is 1. The van der Waals surface area contributed by atoms with Gasteiger partial charge in [-0.3, -0.25) is 4.90 Å². The maximum atomic E-state index is 12.6. The van der Waals surface area contributed by atoms with Gasteiger partial charge in [0.15, 0.2) is 0 Å². The molecule has 0 fully saturated rings. The van der Waals surface area contributed by atoms with Gasteiger partial charge in [0, 0.05) is 17.8 Å². The number of amides is 4. The van der Waals surface area contributed by atoms with Crippen LogP contribution in [0.15, 0.2) is 58.6 Å². The van der Waals surface area contributed by atoms with Gasteiger partial charge in [-0.2, -0.15) is 9.98 Å². The number of allylic oxidation sites excluding steroid dienone is 3. The Morgan fingerprint density at radius 2 is 2.26 bits per heavy atom. The first-order chi connectivity index (χ1) is 13.0. The summed E-state index contributed by atoms with van der Waals surface area (Å²) in [5.41, 5.74) is 1.07. The molecular weight excluding hydrogens is 368 g/mol. The number of fused-ring (bicyclic) bond motifs is 1.